The lowest BCUT2D eigenvalue weighted by molar-refractivity contribution is 0.568. The van der Waals surface area contributed by atoms with Gasteiger partial charge in [-0.15, -0.1) is 0 Å². The second-order valence-corrected chi connectivity index (χ2v) is 5.89. The van der Waals surface area contributed by atoms with E-state index in [1.165, 1.54) is 19.3 Å². The van der Waals surface area contributed by atoms with Crippen molar-refractivity contribution in [2.45, 2.75) is 19.3 Å². The van der Waals surface area contributed by atoms with Gasteiger partial charge in [0.2, 0.25) is 11.8 Å². The van der Waals surface area contributed by atoms with Gasteiger partial charge in [-0.25, -0.2) is 15.0 Å². The molecule has 1 aliphatic rings. The van der Waals surface area contributed by atoms with Gasteiger partial charge in [-0.1, -0.05) is 11.6 Å². The van der Waals surface area contributed by atoms with Gasteiger partial charge in [-0.05, 0) is 37.5 Å². The highest BCUT2D eigenvalue weighted by Crippen LogP contribution is 2.26. The normalized spacial score (nSPS) is 15.4. The molecular weight excluding hydrogens is 300 g/mol. The number of halogens is 1. The highest BCUT2D eigenvalue weighted by Gasteiger charge is 2.14. The fraction of sp³-hybridized carbons (Fsp3) is 0.312. The van der Waals surface area contributed by atoms with Gasteiger partial charge in [0.1, 0.15) is 5.52 Å². The average molecular weight is 315 g/mol. The monoisotopic (exact) mass is 314 g/mol. The summed E-state index contributed by atoms with van der Waals surface area (Å²) in [6.07, 6.45) is 7.24. The van der Waals surface area contributed by atoms with Crippen LogP contribution in [0.25, 0.3) is 22.6 Å². The zero-order valence-corrected chi connectivity index (χ0v) is 12.8. The molecule has 22 heavy (non-hydrogen) atoms. The molecule has 1 aliphatic heterocycles. The fourth-order valence-electron chi connectivity index (χ4n) is 2.71. The first-order valence-corrected chi connectivity index (χ1v) is 7.81. The number of hydrogen-bond acceptors (Lipinski definition) is 5. The van der Waals surface area contributed by atoms with E-state index in [4.69, 9.17) is 16.0 Å². The van der Waals surface area contributed by atoms with E-state index in [-0.39, 0.29) is 0 Å². The molecule has 1 fully saturated rings. The average Bonchev–Trinajstić information content (AvgIpc) is 2.99. The van der Waals surface area contributed by atoms with Gasteiger partial charge < -0.3 is 9.32 Å². The molecule has 0 atom stereocenters. The van der Waals surface area contributed by atoms with Crippen molar-refractivity contribution in [2.75, 3.05) is 18.0 Å². The summed E-state index contributed by atoms with van der Waals surface area (Å²) in [6.45, 7) is 2.06. The maximum Gasteiger partial charge on any atom is 0.230 e. The minimum Gasteiger partial charge on any atom is -0.436 e. The Morgan fingerprint density at radius 2 is 1.82 bits per heavy atom. The summed E-state index contributed by atoms with van der Waals surface area (Å²) in [5, 5.41) is 0.643. The third-order valence-corrected chi connectivity index (χ3v) is 4.11. The van der Waals surface area contributed by atoms with Crippen LogP contribution < -0.4 is 4.90 Å². The van der Waals surface area contributed by atoms with E-state index in [1.807, 2.05) is 6.07 Å². The van der Waals surface area contributed by atoms with E-state index in [1.54, 1.807) is 24.5 Å². The summed E-state index contributed by atoms with van der Waals surface area (Å²) >= 11 is 5.97. The standard InChI is InChI=1S/C16H15ClN4O/c17-12-4-5-14-13(8-12)20-15(22-14)11-9-18-16(19-10-11)21-6-2-1-3-7-21/h4-5,8-10H,1-3,6-7H2. The molecule has 4 rings (SSSR count). The summed E-state index contributed by atoms with van der Waals surface area (Å²) < 4.78 is 5.73. The molecule has 2 aromatic heterocycles. The van der Waals surface area contributed by atoms with Crippen molar-refractivity contribution in [2.24, 2.45) is 0 Å². The van der Waals surface area contributed by atoms with E-state index in [9.17, 15) is 0 Å². The second kappa shape index (κ2) is 5.57. The molecule has 0 saturated carbocycles. The molecule has 0 N–H and O–H groups in total. The molecule has 3 heterocycles. The Kier molecular flexibility index (Phi) is 3.42. The molecule has 1 saturated heterocycles. The van der Waals surface area contributed by atoms with E-state index in [0.717, 1.165) is 30.1 Å². The van der Waals surface area contributed by atoms with E-state index in [2.05, 4.69) is 19.9 Å². The molecule has 6 heteroatoms. The van der Waals surface area contributed by atoms with Gasteiger partial charge in [0.15, 0.2) is 5.58 Å². The number of rotatable bonds is 2. The first-order valence-electron chi connectivity index (χ1n) is 7.43. The number of hydrogen-bond donors (Lipinski definition) is 0. The van der Waals surface area contributed by atoms with Crippen LogP contribution in [0.5, 0.6) is 0 Å². The molecule has 0 aliphatic carbocycles. The zero-order valence-electron chi connectivity index (χ0n) is 12.0. The number of anilines is 1. The molecule has 0 unspecified atom stereocenters. The molecule has 1 aromatic carbocycles. The molecular formula is C16H15ClN4O. The quantitative estimate of drug-likeness (QED) is 0.717. The maximum absolute atomic E-state index is 5.97. The summed E-state index contributed by atoms with van der Waals surface area (Å²) in [5.41, 5.74) is 2.22. The lowest BCUT2D eigenvalue weighted by Gasteiger charge is -2.26. The lowest BCUT2D eigenvalue weighted by atomic mass is 10.1. The number of oxazole rings is 1. The molecule has 5 nitrogen and oxygen atoms in total. The van der Waals surface area contributed by atoms with Crippen molar-refractivity contribution in [3.63, 3.8) is 0 Å². The SMILES string of the molecule is Clc1ccc2oc(-c3cnc(N4CCCCC4)nc3)nc2c1. The zero-order chi connectivity index (χ0) is 14.9. The van der Waals surface area contributed by atoms with Crippen molar-refractivity contribution < 1.29 is 4.42 Å². The Morgan fingerprint density at radius 3 is 2.59 bits per heavy atom. The Balaban J connectivity index is 1.63. The molecule has 0 spiro atoms. The molecule has 0 bridgehead atoms. The predicted octanol–water partition coefficient (Wildman–Crippen LogP) is 3.93. The Morgan fingerprint density at radius 1 is 1.05 bits per heavy atom. The Bertz CT molecular complexity index is 794. The van der Waals surface area contributed by atoms with Gasteiger partial charge >= 0.3 is 0 Å². The van der Waals surface area contributed by atoms with Crippen LogP contribution in [-0.2, 0) is 0 Å². The van der Waals surface area contributed by atoms with Gasteiger partial charge in [-0.2, -0.15) is 0 Å². The number of piperidine rings is 1. The Hall–Kier alpha value is -2.14. The van der Waals surface area contributed by atoms with Gasteiger partial charge in [0, 0.05) is 30.5 Å². The minimum absolute atomic E-state index is 0.516. The molecule has 0 radical (unpaired) electrons. The predicted molar refractivity (Wildman–Crippen MR) is 86.1 cm³/mol. The van der Waals surface area contributed by atoms with E-state index in [0.29, 0.717) is 16.5 Å². The van der Waals surface area contributed by atoms with E-state index < -0.39 is 0 Å². The first kappa shape index (κ1) is 13.5. The van der Waals surface area contributed by atoms with Crippen molar-refractivity contribution in [3.8, 4) is 11.5 Å². The van der Waals surface area contributed by atoms with Gasteiger partial charge in [-0.3, -0.25) is 0 Å². The largest absolute Gasteiger partial charge is 0.436 e. The molecule has 0 amide bonds. The molecule has 3 aromatic rings. The van der Waals surface area contributed by atoms with Crippen LogP contribution >= 0.6 is 11.6 Å². The summed E-state index contributed by atoms with van der Waals surface area (Å²) in [6, 6.07) is 5.39. The first-order chi connectivity index (χ1) is 10.8. The third kappa shape index (κ3) is 2.52. The Labute approximate surface area is 133 Å². The number of benzene rings is 1. The number of fused-ring (bicyclic) bond motifs is 1. The van der Waals surface area contributed by atoms with Crippen LogP contribution in [0.4, 0.5) is 5.95 Å². The van der Waals surface area contributed by atoms with Crippen molar-refractivity contribution in [1.29, 1.82) is 0 Å². The van der Waals surface area contributed by atoms with Crippen LogP contribution in [0, 0.1) is 0 Å². The minimum atomic E-state index is 0.516. The van der Waals surface area contributed by atoms with Crippen LogP contribution in [0.3, 0.4) is 0 Å². The smallest absolute Gasteiger partial charge is 0.230 e. The topological polar surface area (TPSA) is 55.1 Å². The maximum atomic E-state index is 5.97. The van der Waals surface area contributed by atoms with Crippen LogP contribution in [0.1, 0.15) is 19.3 Å². The van der Waals surface area contributed by atoms with Crippen LogP contribution in [-0.4, -0.2) is 28.0 Å². The summed E-state index contributed by atoms with van der Waals surface area (Å²) in [4.78, 5) is 15.6. The second-order valence-electron chi connectivity index (χ2n) is 5.45. The lowest BCUT2D eigenvalue weighted by Crippen LogP contribution is -2.30. The van der Waals surface area contributed by atoms with Gasteiger partial charge in [0.05, 0.1) is 5.56 Å². The van der Waals surface area contributed by atoms with Gasteiger partial charge in [0.25, 0.3) is 0 Å². The van der Waals surface area contributed by atoms with E-state index >= 15 is 0 Å². The fourth-order valence-corrected chi connectivity index (χ4v) is 2.88. The van der Waals surface area contributed by atoms with Crippen molar-refractivity contribution >= 4 is 28.6 Å². The number of aromatic nitrogens is 3. The van der Waals surface area contributed by atoms with Crippen molar-refractivity contribution in [1.82, 2.24) is 15.0 Å². The van der Waals surface area contributed by atoms with Crippen molar-refractivity contribution in [3.05, 3.63) is 35.6 Å². The number of nitrogens with zero attached hydrogens (tertiary/aromatic N) is 4. The highest BCUT2D eigenvalue weighted by atomic mass is 35.5. The summed E-state index contributed by atoms with van der Waals surface area (Å²) in [7, 11) is 0. The third-order valence-electron chi connectivity index (χ3n) is 3.87. The van der Waals surface area contributed by atoms with Crippen LogP contribution in [0.15, 0.2) is 35.0 Å². The summed E-state index contributed by atoms with van der Waals surface area (Å²) in [5.74, 6) is 1.30. The van der Waals surface area contributed by atoms with Crippen LogP contribution in [0.2, 0.25) is 5.02 Å². The highest BCUT2D eigenvalue weighted by molar-refractivity contribution is 6.31. The molecule has 112 valence electrons.